The van der Waals surface area contributed by atoms with Crippen LogP contribution in [-0.4, -0.2) is 4.98 Å². The lowest BCUT2D eigenvalue weighted by Crippen LogP contribution is -2.24. The highest BCUT2D eigenvalue weighted by Gasteiger charge is 2.36. The molecule has 0 fully saturated rings. The third-order valence-electron chi connectivity index (χ3n) is 2.73. The largest absolute Gasteiger partial charge is 0.323 e. The molecule has 1 heterocycles. The van der Waals surface area contributed by atoms with Gasteiger partial charge in [-0.05, 0) is 23.5 Å². The summed E-state index contributed by atoms with van der Waals surface area (Å²) in [6, 6.07) is 4.20. The molecular weight excluding hydrogens is 148 g/mol. The maximum atomic E-state index is 6.08. The predicted molar refractivity (Wildman–Crippen MR) is 48.7 cm³/mol. The summed E-state index contributed by atoms with van der Waals surface area (Å²) in [6.07, 6.45) is 2.84. The van der Waals surface area contributed by atoms with Crippen LogP contribution in [0.15, 0.2) is 18.3 Å². The second-order valence-electron chi connectivity index (χ2n) is 4.18. The zero-order valence-electron chi connectivity index (χ0n) is 7.54. The van der Waals surface area contributed by atoms with Gasteiger partial charge in [0.2, 0.25) is 0 Å². The first-order chi connectivity index (χ1) is 5.61. The van der Waals surface area contributed by atoms with Crippen molar-refractivity contribution in [2.75, 3.05) is 0 Å². The van der Waals surface area contributed by atoms with Crippen molar-refractivity contribution in [3.8, 4) is 0 Å². The summed E-state index contributed by atoms with van der Waals surface area (Å²) in [5.41, 5.74) is 8.66. The van der Waals surface area contributed by atoms with Crippen LogP contribution in [0.2, 0.25) is 0 Å². The number of rotatable bonds is 0. The van der Waals surface area contributed by atoms with E-state index in [1.165, 1.54) is 11.3 Å². The quantitative estimate of drug-likeness (QED) is 0.630. The summed E-state index contributed by atoms with van der Waals surface area (Å²) in [4.78, 5) is 4.33. The molecule has 2 heteroatoms. The van der Waals surface area contributed by atoms with Crippen molar-refractivity contribution in [1.29, 1.82) is 0 Å². The van der Waals surface area contributed by atoms with Crippen LogP contribution in [0.1, 0.15) is 31.1 Å². The highest BCUT2D eigenvalue weighted by Crippen LogP contribution is 2.42. The number of hydrogen-bond acceptors (Lipinski definition) is 2. The van der Waals surface area contributed by atoms with E-state index in [1.807, 2.05) is 12.3 Å². The molecule has 1 atom stereocenters. The molecule has 1 aliphatic carbocycles. The Hall–Kier alpha value is -0.890. The number of nitrogens with two attached hydrogens (primary N) is 1. The van der Waals surface area contributed by atoms with Crippen molar-refractivity contribution < 1.29 is 0 Å². The maximum absolute atomic E-state index is 6.08. The van der Waals surface area contributed by atoms with Gasteiger partial charge < -0.3 is 5.73 Å². The van der Waals surface area contributed by atoms with Crippen molar-refractivity contribution in [2.24, 2.45) is 11.1 Å². The molecule has 0 radical (unpaired) electrons. The number of fused-ring (bicyclic) bond motifs is 1. The smallest absolute Gasteiger partial charge is 0.0457 e. The van der Waals surface area contributed by atoms with Crippen LogP contribution in [0.25, 0.3) is 0 Å². The average molecular weight is 162 g/mol. The molecule has 2 nitrogen and oxygen atoms in total. The van der Waals surface area contributed by atoms with Gasteiger partial charge in [0.1, 0.15) is 0 Å². The van der Waals surface area contributed by atoms with Crippen molar-refractivity contribution >= 4 is 0 Å². The zero-order chi connectivity index (χ0) is 8.77. The van der Waals surface area contributed by atoms with E-state index in [1.54, 1.807) is 0 Å². The van der Waals surface area contributed by atoms with E-state index in [0.717, 1.165) is 6.42 Å². The number of pyridine rings is 1. The topological polar surface area (TPSA) is 38.9 Å². The second-order valence-corrected chi connectivity index (χ2v) is 4.18. The SMILES string of the molecule is CC1(C)Cc2ncccc2[C@@H]1N. The first-order valence-corrected chi connectivity index (χ1v) is 4.30. The van der Waals surface area contributed by atoms with Crippen LogP contribution in [0.5, 0.6) is 0 Å². The monoisotopic (exact) mass is 162 g/mol. The lowest BCUT2D eigenvalue weighted by molar-refractivity contribution is 0.318. The van der Waals surface area contributed by atoms with Gasteiger partial charge in [0.05, 0.1) is 0 Å². The summed E-state index contributed by atoms with van der Waals surface area (Å²) in [5, 5.41) is 0. The first kappa shape index (κ1) is 7.74. The molecule has 0 saturated carbocycles. The van der Waals surface area contributed by atoms with E-state index in [4.69, 9.17) is 5.73 Å². The van der Waals surface area contributed by atoms with Crippen LogP contribution >= 0.6 is 0 Å². The standard InChI is InChI=1S/C10H14N2/c1-10(2)6-8-7(9(10)11)4-3-5-12-8/h3-5,9H,6,11H2,1-2H3/t9-/m0/s1. The first-order valence-electron chi connectivity index (χ1n) is 4.30. The minimum Gasteiger partial charge on any atom is -0.323 e. The summed E-state index contributed by atoms with van der Waals surface area (Å²) in [5.74, 6) is 0. The lowest BCUT2D eigenvalue weighted by atomic mass is 9.86. The fourth-order valence-corrected chi connectivity index (χ4v) is 1.84. The molecule has 0 unspecified atom stereocenters. The van der Waals surface area contributed by atoms with Gasteiger partial charge in [0.25, 0.3) is 0 Å². The molecule has 1 aromatic rings. The summed E-state index contributed by atoms with van der Waals surface area (Å²) in [6.45, 7) is 4.39. The molecule has 0 bridgehead atoms. The van der Waals surface area contributed by atoms with Gasteiger partial charge >= 0.3 is 0 Å². The molecule has 0 spiro atoms. The van der Waals surface area contributed by atoms with Crippen molar-refractivity contribution in [3.05, 3.63) is 29.6 Å². The van der Waals surface area contributed by atoms with Crippen molar-refractivity contribution in [1.82, 2.24) is 4.98 Å². The van der Waals surface area contributed by atoms with Gasteiger partial charge in [-0.15, -0.1) is 0 Å². The van der Waals surface area contributed by atoms with E-state index >= 15 is 0 Å². The van der Waals surface area contributed by atoms with Crippen LogP contribution in [-0.2, 0) is 6.42 Å². The highest BCUT2D eigenvalue weighted by molar-refractivity contribution is 5.31. The van der Waals surface area contributed by atoms with E-state index < -0.39 is 0 Å². The molecule has 2 N–H and O–H groups in total. The molecule has 12 heavy (non-hydrogen) atoms. The third kappa shape index (κ3) is 0.950. The summed E-state index contributed by atoms with van der Waals surface area (Å²) >= 11 is 0. The van der Waals surface area contributed by atoms with Gasteiger partial charge in [-0.25, -0.2) is 0 Å². The second kappa shape index (κ2) is 2.30. The van der Waals surface area contributed by atoms with Gasteiger partial charge in [0, 0.05) is 17.9 Å². The Bertz CT molecular complexity index is 304. The highest BCUT2D eigenvalue weighted by atomic mass is 14.8. The third-order valence-corrected chi connectivity index (χ3v) is 2.73. The fraction of sp³-hybridized carbons (Fsp3) is 0.500. The molecule has 1 aromatic heterocycles. The van der Waals surface area contributed by atoms with E-state index in [9.17, 15) is 0 Å². The Kier molecular flexibility index (Phi) is 1.48. The van der Waals surface area contributed by atoms with Gasteiger partial charge in [-0.3, -0.25) is 4.98 Å². The molecular formula is C10H14N2. The minimum absolute atomic E-state index is 0.154. The van der Waals surface area contributed by atoms with Crippen LogP contribution in [0.4, 0.5) is 0 Å². The number of aromatic nitrogens is 1. The molecule has 2 rings (SSSR count). The fourth-order valence-electron chi connectivity index (χ4n) is 1.84. The van der Waals surface area contributed by atoms with E-state index in [2.05, 4.69) is 24.9 Å². The normalized spacial score (nSPS) is 25.4. The molecule has 64 valence electrons. The van der Waals surface area contributed by atoms with Gasteiger partial charge in [0.15, 0.2) is 0 Å². The number of hydrogen-bond donors (Lipinski definition) is 1. The van der Waals surface area contributed by atoms with E-state index in [-0.39, 0.29) is 11.5 Å². The Morgan fingerprint density at radius 2 is 2.33 bits per heavy atom. The van der Waals surface area contributed by atoms with Gasteiger partial charge in [-0.2, -0.15) is 0 Å². The minimum atomic E-state index is 0.154. The van der Waals surface area contributed by atoms with Crippen molar-refractivity contribution in [2.45, 2.75) is 26.3 Å². The molecule has 0 saturated heterocycles. The number of nitrogens with zero attached hydrogens (tertiary/aromatic N) is 1. The Balaban J connectivity index is 2.49. The summed E-state index contributed by atoms with van der Waals surface area (Å²) < 4.78 is 0. The van der Waals surface area contributed by atoms with E-state index in [0.29, 0.717) is 0 Å². The van der Waals surface area contributed by atoms with Crippen molar-refractivity contribution in [3.63, 3.8) is 0 Å². The van der Waals surface area contributed by atoms with Crippen LogP contribution in [0, 0.1) is 5.41 Å². The van der Waals surface area contributed by atoms with Crippen LogP contribution < -0.4 is 5.73 Å². The predicted octanol–water partition coefficient (Wildman–Crippen LogP) is 1.66. The van der Waals surface area contributed by atoms with Crippen LogP contribution in [0.3, 0.4) is 0 Å². The Labute approximate surface area is 72.8 Å². The maximum Gasteiger partial charge on any atom is 0.0457 e. The molecule has 0 amide bonds. The average Bonchev–Trinajstić information content (AvgIpc) is 2.24. The molecule has 0 aliphatic heterocycles. The molecule has 0 aromatic carbocycles. The Morgan fingerprint density at radius 3 is 3.00 bits per heavy atom. The van der Waals surface area contributed by atoms with Gasteiger partial charge in [-0.1, -0.05) is 19.9 Å². The zero-order valence-corrected chi connectivity index (χ0v) is 7.54. The Morgan fingerprint density at radius 1 is 1.58 bits per heavy atom. The summed E-state index contributed by atoms with van der Waals surface area (Å²) in [7, 11) is 0. The lowest BCUT2D eigenvalue weighted by Gasteiger charge is -2.22. The molecule has 1 aliphatic rings.